The first-order valence-electron chi connectivity index (χ1n) is 9.22. The number of morpholine rings is 1. The SMILES string of the molecule is CS(=O)(=O)N1CCCC(C(=O)Nc2ccc(Cl)c(S(=O)(=O)N3CCOCC3)c2)C1. The van der Waals surface area contributed by atoms with Crippen molar-refractivity contribution in [3.05, 3.63) is 23.2 Å². The lowest BCUT2D eigenvalue weighted by Gasteiger charge is -2.30. The molecule has 2 fully saturated rings. The number of carbonyl (C=O) groups excluding carboxylic acids is 1. The number of piperidine rings is 1. The first-order valence-corrected chi connectivity index (χ1v) is 12.9. The third kappa shape index (κ3) is 5.28. The van der Waals surface area contributed by atoms with Crippen LogP contribution in [0.25, 0.3) is 0 Å². The second-order valence-electron chi connectivity index (χ2n) is 7.11. The number of sulfonamides is 2. The van der Waals surface area contributed by atoms with Crippen LogP contribution in [0.3, 0.4) is 0 Å². The summed E-state index contributed by atoms with van der Waals surface area (Å²) in [5, 5.41) is 2.76. The molecule has 0 aliphatic carbocycles. The van der Waals surface area contributed by atoms with Gasteiger partial charge in [-0.3, -0.25) is 4.79 Å². The Morgan fingerprint density at radius 3 is 2.48 bits per heavy atom. The third-order valence-corrected chi connectivity index (χ3v) is 8.66. The lowest BCUT2D eigenvalue weighted by Crippen LogP contribution is -2.43. The molecule has 3 rings (SSSR count). The molecule has 0 aromatic heterocycles. The van der Waals surface area contributed by atoms with E-state index in [0.717, 1.165) is 6.26 Å². The summed E-state index contributed by atoms with van der Waals surface area (Å²) in [5.74, 6) is -0.858. The molecule has 0 bridgehead atoms. The fourth-order valence-electron chi connectivity index (χ4n) is 3.41. The van der Waals surface area contributed by atoms with E-state index in [0.29, 0.717) is 38.3 Å². The number of halogens is 1. The molecule has 1 amide bonds. The average molecular weight is 466 g/mol. The molecule has 12 heteroatoms. The van der Waals surface area contributed by atoms with Crippen LogP contribution in [0.4, 0.5) is 5.69 Å². The fraction of sp³-hybridized carbons (Fsp3) is 0.588. The van der Waals surface area contributed by atoms with Crippen molar-refractivity contribution in [3.8, 4) is 0 Å². The summed E-state index contributed by atoms with van der Waals surface area (Å²) in [6, 6.07) is 4.28. The molecular formula is C17H24ClN3O6S2. The van der Waals surface area contributed by atoms with Crippen LogP contribution < -0.4 is 5.32 Å². The molecular weight excluding hydrogens is 442 g/mol. The number of hydrogen-bond donors (Lipinski definition) is 1. The molecule has 1 unspecified atom stereocenters. The van der Waals surface area contributed by atoms with Gasteiger partial charge in [0.2, 0.25) is 26.0 Å². The number of nitrogens with zero attached hydrogens (tertiary/aromatic N) is 2. The molecule has 29 heavy (non-hydrogen) atoms. The van der Waals surface area contributed by atoms with E-state index in [1.54, 1.807) is 0 Å². The summed E-state index contributed by atoms with van der Waals surface area (Å²) >= 11 is 6.13. The Morgan fingerprint density at radius 2 is 1.83 bits per heavy atom. The van der Waals surface area contributed by atoms with E-state index in [2.05, 4.69) is 5.32 Å². The van der Waals surface area contributed by atoms with E-state index >= 15 is 0 Å². The quantitative estimate of drug-likeness (QED) is 0.693. The van der Waals surface area contributed by atoms with Crippen molar-refractivity contribution in [1.29, 1.82) is 0 Å². The van der Waals surface area contributed by atoms with Gasteiger partial charge in [0.25, 0.3) is 0 Å². The average Bonchev–Trinajstić information content (AvgIpc) is 2.69. The zero-order valence-corrected chi connectivity index (χ0v) is 18.4. The topological polar surface area (TPSA) is 113 Å². The van der Waals surface area contributed by atoms with Gasteiger partial charge in [0, 0.05) is 31.9 Å². The first kappa shape index (κ1) is 22.4. The van der Waals surface area contributed by atoms with Gasteiger partial charge in [0.15, 0.2) is 0 Å². The minimum absolute atomic E-state index is 0.0652. The van der Waals surface area contributed by atoms with Crippen molar-refractivity contribution in [1.82, 2.24) is 8.61 Å². The van der Waals surface area contributed by atoms with Gasteiger partial charge in [0.05, 0.1) is 30.4 Å². The van der Waals surface area contributed by atoms with Gasteiger partial charge < -0.3 is 10.1 Å². The molecule has 162 valence electrons. The molecule has 2 aliphatic rings. The predicted molar refractivity (Wildman–Crippen MR) is 109 cm³/mol. The Hall–Kier alpha value is -1.24. The summed E-state index contributed by atoms with van der Waals surface area (Å²) in [6.45, 7) is 1.59. The smallest absolute Gasteiger partial charge is 0.244 e. The number of rotatable bonds is 5. The number of amides is 1. The summed E-state index contributed by atoms with van der Waals surface area (Å²) in [6.07, 6.45) is 2.27. The molecule has 2 saturated heterocycles. The lowest BCUT2D eigenvalue weighted by molar-refractivity contribution is -0.120. The van der Waals surface area contributed by atoms with Crippen LogP contribution in [0, 0.1) is 5.92 Å². The highest BCUT2D eigenvalue weighted by Crippen LogP contribution is 2.29. The molecule has 2 aliphatic heterocycles. The second kappa shape index (κ2) is 8.86. The van der Waals surface area contributed by atoms with E-state index < -0.39 is 26.0 Å². The molecule has 0 spiro atoms. The monoisotopic (exact) mass is 465 g/mol. The van der Waals surface area contributed by atoms with Crippen LogP contribution in [0.1, 0.15) is 12.8 Å². The van der Waals surface area contributed by atoms with Crippen LogP contribution >= 0.6 is 11.6 Å². The molecule has 1 aromatic rings. The van der Waals surface area contributed by atoms with Crippen LogP contribution in [0.5, 0.6) is 0 Å². The van der Waals surface area contributed by atoms with Crippen molar-refractivity contribution >= 4 is 43.2 Å². The largest absolute Gasteiger partial charge is 0.379 e. The molecule has 1 atom stereocenters. The van der Waals surface area contributed by atoms with Gasteiger partial charge in [-0.25, -0.2) is 21.1 Å². The molecule has 0 saturated carbocycles. The van der Waals surface area contributed by atoms with Gasteiger partial charge in [-0.2, -0.15) is 4.31 Å². The summed E-state index contributed by atoms with van der Waals surface area (Å²) < 4.78 is 57.1. The van der Waals surface area contributed by atoms with E-state index in [4.69, 9.17) is 16.3 Å². The van der Waals surface area contributed by atoms with E-state index in [1.807, 2.05) is 0 Å². The lowest BCUT2D eigenvalue weighted by atomic mass is 9.99. The standard InChI is InChI=1S/C17H24ClN3O6S2/c1-28(23,24)21-6-2-3-13(12-21)17(22)19-14-4-5-15(18)16(11-14)29(25,26)20-7-9-27-10-8-20/h4-5,11,13H,2-3,6-10,12H2,1H3,(H,19,22). The Balaban J connectivity index is 1.76. The normalized spacial score (nSPS) is 22.3. The summed E-state index contributed by atoms with van der Waals surface area (Å²) in [7, 11) is -7.19. The van der Waals surface area contributed by atoms with Gasteiger partial charge in [-0.15, -0.1) is 0 Å². The molecule has 0 radical (unpaired) electrons. The van der Waals surface area contributed by atoms with Gasteiger partial charge >= 0.3 is 0 Å². The maximum atomic E-state index is 12.9. The number of nitrogens with one attached hydrogen (secondary N) is 1. The Labute approximate surface area is 176 Å². The Morgan fingerprint density at radius 1 is 1.14 bits per heavy atom. The maximum Gasteiger partial charge on any atom is 0.244 e. The number of hydrogen-bond acceptors (Lipinski definition) is 6. The fourth-order valence-corrected chi connectivity index (χ4v) is 6.23. The van der Waals surface area contributed by atoms with Crippen LogP contribution in [-0.4, -0.2) is 77.0 Å². The summed E-state index contributed by atoms with van der Waals surface area (Å²) in [5.41, 5.74) is 0.294. The minimum Gasteiger partial charge on any atom is -0.379 e. The zero-order chi connectivity index (χ0) is 21.2. The Kier molecular flexibility index (Phi) is 6.86. The summed E-state index contributed by atoms with van der Waals surface area (Å²) in [4.78, 5) is 12.6. The third-order valence-electron chi connectivity index (χ3n) is 5.01. The second-order valence-corrected chi connectivity index (χ2v) is 11.4. The highest BCUT2D eigenvalue weighted by molar-refractivity contribution is 7.89. The van der Waals surface area contributed by atoms with Gasteiger partial charge in [-0.1, -0.05) is 11.6 Å². The van der Waals surface area contributed by atoms with Crippen LogP contribution in [0.2, 0.25) is 5.02 Å². The highest BCUT2D eigenvalue weighted by atomic mass is 35.5. The number of carbonyl (C=O) groups is 1. The molecule has 2 heterocycles. The van der Waals surface area contributed by atoms with E-state index in [9.17, 15) is 21.6 Å². The number of anilines is 1. The van der Waals surface area contributed by atoms with Crippen molar-refractivity contribution in [2.45, 2.75) is 17.7 Å². The van der Waals surface area contributed by atoms with E-state index in [1.165, 1.54) is 26.8 Å². The van der Waals surface area contributed by atoms with Gasteiger partial charge in [-0.05, 0) is 31.0 Å². The van der Waals surface area contributed by atoms with Crippen molar-refractivity contribution < 1.29 is 26.4 Å². The number of ether oxygens (including phenoxy) is 1. The minimum atomic E-state index is -3.82. The predicted octanol–water partition coefficient (Wildman–Crippen LogP) is 0.971. The van der Waals surface area contributed by atoms with Crippen molar-refractivity contribution in [2.24, 2.45) is 5.92 Å². The highest BCUT2D eigenvalue weighted by Gasteiger charge is 2.31. The van der Waals surface area contributed by atoms with Crippen LogP contribution in [-0.2, 0) is 29.6 Å². The molecule has 1 aromatic carbocycles. The van der Waals surface area contributed by atoms with Gasteiger partial charge in [0.1, 0.15) is 4.90 Å². The van der Waals surface area contributed by atoms with Crippen LogP contribution in [0.15, 0.2) is 23.1 Å². The zero-order valence-electron chi connectivity index (χ0n) is 16.0. The molecule has 9 nitrogen and oxygen atoms in total. The van der Waals surface area contributed by atoms with E-state index in [-0.39, 0.29) is 35.5 Å². The maximum absolute atomic E-state index is 12.9. The van der Waals surface area contributed by atoms with Crippen molar-refractivity contribution in [3.63, 3.8) is 0 Å². The first-order chi connectivity index (χ1) is 13.6. The molecule has 1 N–H and O–H groups in total. The Bertz CT molecular complexity index is 977. The van der Waals surface area contributed by atoms with Crippen molar-refractivity contribution in [2.75, 3.05) is 51.0 Å². The number of benzene rings is 1.